The molecule has 5 heteroatoms. The average molecular weight is 265 g/mol. The minimum Gasteiger partial charge on any atom is -0.399 e. The molecule has 0 radical (unpaired) electrons. The third-order valence-corrected chi connectivity index (χ3v) is 3.91. The van der Waals surface area contributed by atoms with E-state index in [-0.39, 0.29) is 11.2 Å². The van der Waals surface area contributed by atoms with Crippen LogP contribution in [0.3, 0.4) is 0 Å². The number of thioether (sulfide) groups is 1. The van der Waals surface area contributed by atoms with Gasteiger partial charge in [-0.2, -0.15) is 0 Å². The zero-order chi connectivity index (χ0) is 13.5. The number of anilines is 2. The maximum absolute atomic E-state index is 12.3. The quantitative estimate of drug-likeness (QED) is 0.800. The third kappa shape index (κ3) is 2.62. The largest absolute Gasteiger partial charge is 0.399 e. The van der Waals surface area contributed by atoms with Gasteiger partial charge >= 0.3 is 0 Å². The summed E-state index contributed by atoms with van der Waals surface area (Å²) in [6, 6.07) is 5.67. The van der Waals surface area contributed by atoms with Gasteiger partial charge in [-0.25, -0.2) is 0 Å². The van der Waals surface area contributed by atoms with E-state index in [1.54, 1.807) is 16.7 Å². The molecule has 1 aromatic carbocycles. The van der Waals surface area contributed by atoms with Gasteiger partial charge in [-0.05, 0) is 39.0 Å². The molecule has 2 rings (SSSR count). The number of carbonyl (C=O) groups is 1. The van der Waals surface area contributed by atoms with Crippen LogP contribution in [0.4, 0.5) is 11.4 Å². The molecule has 0 fully saturated rings. The highest BCUT2D eigenvalue weighted by atomic mass is 32.2. The van der Waals surface area contributed by atoms with Crippen molar-refractivity contribution in [3.05, 3.63) is 18.2 Å². The lowest BCUT2D eigenvalue weighted by molar-refractivity contribution is -0.118. The standard InChI is InChI=1S/C13H19N3OS/c1-8-12(17)16(7-13(2,3)15)10-6-9(14)4-5-11(10)18-8/h4-6,8H,7,14-15H2,1-3H3. The molecule has 0 bridgehead atoms. The Balaban J connectivity index is 2.44. The van der Waals surface area contributed by atoms with E-state index in [0.29, 0.717) is 12.2 Å². The van der Waals surface area contributed by atoms with Crippen LogP contribution in [0.1, 0.15) is 20.8 Å². The van der Waals surface area contributed by atoms with E-state index >= 15 is 0 Å². The lowest BCUT2D eigenvalue weighted by atomic mass is 10.1. The first-order valence-electron chi connectivity index (χ1n) is 5.94. The van der Waals surface area contributed by atoms with Crippen molar-refractivity contribution < 1.29 is 4.79 Å². The molecule has 1 atom stereocenters. The van der Waals surface area contributed by atoms with Crippen molar-refractivity contribution in [3.8, 4) is 0 Å². The number of nitrogen functional groups attached to an aromatic ring is 1. The summed E-state index contributed by atoms with van der Waals surface area (Å²) in [6.45, 7) is 6.24. The molecule has 0 saturated heterocycles. The Hall–Kier alpha value is -1.20. The molecule has 1 aliphatic rings. The predicted octanol–water partition coefficient (Wildman–Crippen LogP) is 1.83. The molecule has 1 unspecified atom stereocenters. The maximum atomic E-state index is 12.3. The zero-order valence-electron chi connectivity index (χ0n) is 10.9. The van der Waals surface area contributed by atoms with E-state index in [0.717, 1.165) is 10.6 Å². The number of hydrogen-bond acceptors (Lipinski definition) is 4. The smallest absolute Gasteiger partial charge is 0.240 e. The van der Waals surface area contributed by atoms with Crippen molar-refractivity contribution in [1.82, 2.24) is 0 Å². The highest BCUT2D eigenvalue weighted by molar-refractivity contribution is 8.00. The monoisotopic (exact) mass is 265 g/mol. The van der Waals surface area contributed by atoms with Crippen molar-refractivity contribution in [3.63, 3.8) is 0 Å². The highest BCUT2D eigenvalue weighted by Gasteiger charge is 2.33. The molecule has 1 heterocycles. The van der Waals surface area contributed by atoms with Crippen molar-refractivity contribution >= 4 is 29.0 Å². The Morgan fingerprint density at radius 1 is 1.44 bits per heavy atom. The molecule has 1 aliphatic heterocycles. The Labute approximate surface area is 112 Å². The topological polar surface area (TPSA) is 72.3 Å². The van der Waals surface area contributed by atoms with E-state index in [2.05, 4.69) is 0 Å². The van der Waals surface area contributed by atoms with E-state index in [1.807, 2.05) is 39.0 Å². The van der Waals surface area contributed by atoms with Gasteiger partial charge in [0.1, 0.15) is 0 Å². The number of amides is 1. The van der Waals surface area contributed by atoms with Crippen LogP contribution in [0.5, 0.6) is 0 Å². The fraction of sp³-hybridized carbons (Fsp3) is 0.462. The number of carbonyl (C=O) groups excluding carboxylic acids is 1. The number of benzene rings is 1. The second kappa shape index (κ2) is 4.48. The van der Waals surface area contributed by atoms with E-state index in [9.17, 15) is 4.79 Å². The maximum Gasteiger partial charge on any atom is 0.240 e. The van der Waals surface area contributed by atoms with Crippen LogP contribution in [-0.4, -0.2) is 23.2 Å². The minimum absolute atomic E-state index is 0.0801. The van der Waals surface area contributed by atoms with Gasteiger partial charge in [-0.1, -0.05) is 0 Å². The zero-order valence-corrected chi connectivity index (χ0v) is 11.8. The summed E-state index contributed by atoms with van der Waals surface area (Å²) in [5.41, 5.74) is 13.0. The predicted molar refractivity (Wildman–Crippen MR) is 76.8 cm³/mol. The Kier molecular flexibility index (Phi) is 3.29. The molecule has 18 heavy (non-hydrogen) atoms. The minimum atomic E-state index is -0.431. The molecule has 0 spiro atoms. The molecular formula is C13H19N3OS. The second-order valence-corrected chi connectivity index (χ2v) is 6.78. The molecule has 0 aliphatic carbocycles. The van der Waals surface area contributed by atoms with Gasteiger partial charge in [0, 0.05) is 22.7 Å². The lowest BCUT2D eigenvalue weighted by Gasteiger charge is -2.36. The normalized spacial score (nSPS) is 19.9. The van der Waals surface area contributed by atoms with E-state index in [1.165, 1.54) is 0 Å². The van der Waals surface area contributed by atoms with Crippen LogP contribution in [-0.2, 0) is 4.79 Å². The first-order chi connectivity index (χ1) is 8.28. The first kappa shape index (κ1) is 13.2. The van der Waals surface area contributed by atoms with Crippen LogP contribution >= 0.6 is 11.8 Å². The van der Waals surface area contributed by atoms with Gasteiger partial charge in [0.25, 0.3) is 0 Å². The van der Waals surface area contributed by atoms with Gasteiger partial charge in [-0.3, -0.25) is 4.79 Å². The van der Waals surface area contributed by atoms with Crippen molar-refractivity contribution in [2.24, 2.45) is 5.73 Å². The van der Waals surface area contributed by atoms with Crippen LogP contribution in [0.2, 0.25) is 0 Å². The number of nitrogens with two attached hydrogens (primary N) is 2. The number of hydrogen-bond donors (Lipinski definition) is 2. The van der Waals surface area contributed by atoms with Gasteiger partial charge < -0.3 is 16.4 Å². The van der Waals surface area contributed by atoms with Crippen LogP contribution < -0.4 is 16.4 Å². The van der Waals surface area contributed by atoms with Gasteiger partial charge in [0.2, 0.25) is 5.91 Å². The van der Waals surface area contributed by atoms with Crippen LogP contribution in [0.25, 0.3) is 0 Å². The summed E-state index contributed by atoms with van der Waals surface area (Å²) in [5, 5.41) is -0.0801. The number of rotatable bonds is 2. The average Bonchev–Trinajstić information content (AvgIpc) is 2.24. The first-order valence-corrected chi connectivity index (χ1v) is 6.82. The molecular weight excluding hydrogens is 246 g/mol. The van der Waals surface area contributed by atoms with Gasteiger partial charge in [0.05, 0.1) is 10.9 Å². The fourth-order valence-corrected chi connectivity index (χ4v) is 3.04. The Morgan fingerprint density at radius 2 is 2.11 bits per heavy atom. The summed E-state index contributed by atoms with van der Waals surface area (Å²) in [5.74, 6) is 0.0941. The summed E-state index contributed by atoms with van der Waals surface area (Å²) in [6.07, 6.45) is 0. The van der Waals surface area contributed by atoms with Crippen molar-refractivity contribution in [2.75, 3.05) is 17.2 Å². The van der Waals surface area contributed by atoms with Crippen molar-refractivity contribution in [2.45, 2.75) is 36.5 Å². The Bertz CT molecular complexity index is 482. The number of nitrogens with zero attached hydrogens (tertiary/aromatic N) is 1. The number of fused-ring (bicyclic) bond motifs is 1. The fourth-order valence-electron chi connectivity index (χ4n) is 1.99. The molecule has 1 aromatic rings. The molecule has 1 amide bonds. The van der Waals surface area contributed by atoms with Crippen LogP contribution in [0.15, 0.2) is 23.1 Å². The highest BCUT2D eigenvalue weighted by Crippen LogP contribution is 2.40. The van der Waals surface area contributed by atoms with Gasteiger partial charge in [-0.15, -0.1) is 11.8 Å². The molecule has 4 nitrogen and oxygen atoms in total. The van der Waals surface area contributed by atoms with E-state index < -0.39 is 5.54 Å². The molecule has 0 saturated carbocycles. The summed E-state index contributed by atoms with van der Waals surface area (Å²) in [7, 11) is 0. The Morgan fingerprint density at radius 3 is 2.72 bits per heavy atom. The second-order valence-electron chi connectivity index (χ2n) is 5.40. The van der Waals surface area contributed by atoms with Crippen molar-refractivity contribution in [1.29, 1.82) is 0 Å². The summed E-state index contributed by atoms with van der Waals surface area (Å²) >= 11 is 1.57. The molecule has 98 valence electrons. The molecule has 4 N–H and O–H groups in total. The van der Waals surface area contributed by atoms with E-state index in [4.69, 9.17) is 11.5 Å². The third-order valence-electron chi connectivity index (χ3n) is 2.76. The SMILES string of the molecule is CC1Sc2ccc(N)cc2N(CC(C)(C)N)C1=O. The lowest BCUT2D eigenvalue weighted by Crippen LogP contribution is -2.51. The summed E-state index contributed by atoms with van der Waals surface area (Å²) in [4.78, 5) is 15.1. The van der Waals surface area contributed by atoms with Gasteiger partial charge in [0.15, 0.2) is 0 Å². The summed E-state index contributed by atoms with van der Waals surface area (Å²) < 4.78 is 0. The van der Waals surface area contributed by atoms with Crippen LogP contribution in [0, 0.1) is 0 Å². The molecule has 0 aromatic heterocycles.